The maximum atomic E-state index is 10.6. The van der Waals surface area contributed by atoms with Crippen molar-refractivity contribution in [3.05, 3.63) is 28.6 Å². The van der Waals surface area contributed by atoms with E-state index in [1.165, 1.54) is 6.20 Å². The zero-order chi connectivity index (χ0) is 10.3. The average Bonchev–Trinajstić information content (AvgIpc) is 2.47. The third-order valence-electron chi connectivity index (χ3n) is 1.77. The zero-order valence-electron chi connectivity index (χ0n) is 6.94. The van der Waals surface area contributed by atoms with Crippen LogP contribution in [-0.2, 0) is 0 Å². The third kappa shape index (κ3) is 1.33. The Morgan fingerprint density at radius 3 is 2.93 bits per heavy atom. The lowest BCUT2D eigenvalue weighted by Crippen LogP contribution is -1.95. The number of aromatic nitrogens is 2. The molecule has 0 aliphatic heterocycles. The molecule has 6 heteroatoms. The van der Waals surface area contributed by atoms with E-state index in [0.29, 0.717) is 11.3 Å². The Hall–Kier alpha value is -1.56. The van der Waals surface area contributed by atoms with Gasteiger partial charge in [-0.05, 0) is 22.0 Å². The van der Waals surface area contributed by atoms with Gasteiger partial charge in [0.2, 0.25) is 0 Å². The van der Waals surface area contributed by atoms with Gasteiger partial charge in [0.05, 0.1) is 5.69 Å². The fourth-order valence-electron chi connectivity index (χ4n) is 1.19. The molecule has 2 aromatic rings. The van der Waals surface area contributed by atoms with E-state index in [9.17, 15) is 4.79 Å². The number of rotatable bonds is 1. The molecule has 0 aliphatic rings. The van der Waals surface area contributed by atoms with Crippen LogP contribution in [0.1, 0.15) is 10.5 Å². The number of carboxylic acid groups (broad SMARTS) is 1. The van der Waals surface area contributed by atoms with Crippen molar-refractivity contribution in [2.75, 3.05) is 5.73 Å². The first-order valence-corrected chi connectivity index (χ1v) is 4.54. The number of imidazole rings is 1. The largest absolute Gasteiger partial charge is 0.476 e. The average molecular weight is 256 g/mol. The molecule has 0 saturated carbocycles. The molecule has 72 valence electrons. The van der Waals surface area contributed by atoms with Gasteiger partial charge in [-0.15, -0.1) is 0 Å². The van der Waals surface area contributed by atoms with Crippen LogP contribution in [0.3, 0.4) is 0 Å². The summed E-state index contributed by atoms with van der Waals surface area (Å²) in [6.45, 7) is 0. The number of pyridine rings is 1. The molecule has 0 spiro atoms. The van der Waals surface area contributed by atoms with Gasteiger partial charge >= 0.3 is 5.97 Å². The molecule has 0 fully saturated rings. The molecule has 14 heavy (non-hydrogen) atoms. The maximum Gasteiger partial charge on any atom is 0.356 e. The summed E-state index contributed by atoms with van der Waals surface area (Å²) in [5.74, 6) is -1.07. The molecule has 0 radical (unpaired) electrons. The highest BCUT2D eigenvalue weighted by atomic mass is 79.9. The minimum Gasteiger partial charge on any atom is -0.476 e. The van der Waals surface area contributed by atoms with Gasteiger partial charge < -0.3 is 15.2 Å². The molecular weight excluding hydrogens is 250 g/mol. The van der Waals surface area contributed by atoms with Gasteiger partial charge in [0.1, 0.15) is 0 Å². The van der Waals surface area contributed by atoms with E-state index in [-0.39, 0.29) is 5.69 Å². The summed E-state index contributed by atoms with van der Waals surface area (Å²) in [6.07, 6.45) is 3.12. The van der Waals surface area contributed by atoms with Crippen LogP contribution < -0.4 is 5.73 Å². The summed E-state index contributed by atoms with van der Waals surface area (Å²) in [7, 11) is 0. The van der Waals surface area contributed by atoms with Crippen LogP contribution in [0.4, 0.5) is 5.69 Å². The molecule has 2 heterocycles. The highest BCUT2D eigenvalue weighted by Crippen LogP contribution is 2.19. The number of halogens is 1. The smallest absolute Gasteiger partial charge is 0.356 e. The Labute approximate surface area is 87.3 Å². The van der Waals surface area contributed by atoms with Gasteiger partial charge in [-0.25, -0.2) is 9.78 Å². The van der Waals surface area contributed by atoms with Crippen LogP contribution in [0, 0.1) is 0 Å². The first-order valence-electron chi connectivity index (χ1n) is 3.75. The van der Waals surface area contributed by atoms with Crippen molar-refractivity contribution >= 4 is 33.2 Å². The second-order valence-corrected chi connectivity index (χ2v) is 3.69. The number of nitrogens with zero attached hydrogens (tertiary/aromatic N) is 2. The number of hydrogen-bond donors (Lipinski definition) is 2. The number of fused-ring (bicyclic) bond motifs is 1. The van der Waals surface area contributed by atoms with Crippen LogP contribution in [0.5, 0.6) is 0 Å². The van der Waals surface area contributed by atoms with E-state index in [1.54, 1.807) is 16.7 Å². The summed E-state index contributed by atoms with van der Waals surface area (Å²) >= 11 is 3.25. The summed E-state index contributed by atoms with van der Waals surface area (Å²) in [5, 5.41) is 8.72. The number of carbonyl (C=O) groups is 1. The minimum absolute atomic E-state index is 0.0187. The fourth-order valence-corrected chi connectivity index (χ4v) is 1.66. The van der Waals surface area contributed by atoms with Gasteiger partial charge in [-0.2, -0.15) is 0 Å². The van der Waals surface area contributed by atoms with E-state index < -0.39 is 5.97 Å². The number of carboxylic acids is 1. The highest BCUT2D eigenvalue weighted by molar-refractivity contribution is 9.10. The lowest BCUT2D eigenvalue weighted by Gasteiger charge is -1.97. The normalized spacial score (nSPS) is 10.6. The molecule has 2 rings (SSSR count). The van der Waals surface area contributed by atoms with E-state index in [0.717, 1.165) is 4.47 Å². The summed E-state index contributed by atoms with van der Waals surface area (Å²) in [4.78, 5) is 14.5. The number of hydrogen-bond acceptors (Lipinski definition) is 3. The van der Waals surface area contributed by atoms with Crippen LogP contribution in [0.2, 0.25) is 0 Å². The number of nitrogen functional groups attached to an aromatic ring is 1. The van der Waals surface area contributed by atoms with Crippen LogP contribution in [0.25, 0.3) is 5.65 Å². The Kier molecular flexibility index (Phi) is 1.92. The molecule has 5 nitrogen and oxygen atoms in total. The first kappa shape index (κ1) is 9.01. The Balaban J connectivity index is 2.76. The molecule has 0 aromatic carbocycles. The second-order valence-electron chi connectivity index (χ2n) is 2.78. The first-order chi connectivity index (χ1) is 6.58. The predicted molar refractivity (Wildman–Crippen MR) is 54.3 cm³/mol. The van der Waals surface area contributed by atoms with Gasteiger partial charge in [-0.3, -0.25) is 0 Å². The van der Waals surface area contributed by atoms with Gasteiger partial charge in [0.25, 0.3) is 0 Å². The van der Waals surface area contributed by atoms with Gasteiger partial charge in [0.15, 0.2) is 11.3 Å². The Morgan fingerprint density at radius 1 is 1.57 bits per heavy atom. The molecule has 0 aliphatic carbocycles. The van der Waals surface area contributed by atoms with Crippen molar-refractivity contribution in [3.63, 3.8) is 0 Å². The minimum atomic E-state index is -1.07. The van der Waals surface area contributed by atoms with Crippen molar-refractivity contribution < 1.29 is 9.90 Å². The topological polar surface area (TPSA) is 80.6 Å². The highest BCUT2D eigenvalue weighted by Gasteiger charge is 2.10. The lowest BCUT2D eigenvalue weighted by atomic mass is 10.4. The number of aromatic carboxylic acids is 1. The second kappa shape index (κ2) is 2.98. The third-order valence-corrected chi connectivity index (χ3v) is 2.20. The van der Waals surface area contributed by atoms with Crippen molar-refractivity contribution in [1.29, 1.82) is 0 Å². The fraction of sp³-hybridized carbons (Fsp3) is 0. The van der Waals surface area contributed by atoms with E-state index >= 15 is 0 Å². The molecule has 0 bridgehead atoms. The molecule has 3 N–H and O–H groups in total. The lowest BCUT2D eigenvalue weighted by molar-refractivity contribution is 0.0691. The summed E-state index contributed by atoms with van der Waals surface area (Å²) < 4.78 is 2.35. The number of anilines is 1. The summed E-state index contributed by atoms with van der Waals surface area (Å²) in [6, 6.07) is 1.67. The summed E-state index contributed by atoms with van der Waals surface area (Å²) in [5.41, 5.74) is 6.53. The maximum absolute atomic E-state index is 10.6. The zero-order valence-corrected chi connectivity index (χ0v) is 8.52. The molecule has 0 atom stereocenters. The van der Waals surface area contributed by atoms with Crippen molar-refractivity contribution in [2.45, 2.75) is 0 Å². The van der Waals surface area contributed by atoms with Crippen LogP contribution in [-0.4, -0.2) is 20.5 Å². The molecule has 0 amide bonds. The Bertz CT molecular complexity index is 521. The molecular formula is C8H6BrN3O2. The number of nitrogens with two attached hydrogens (primary N) is 1. The van der Waals surface area contributed by atoms with Crippen LogP contribution in [0.15, 0.2) is 22.9 Å². The van der Waals surface area contributed by atoms with Gasteiger partial charge in [-0.1, -0.05) is 0 Å². The standard InChI is InChI=1S/C8H6BrN3O2/c9-4-1-5(10)7-11-6(8(13)14)3-12(7)2-4/h1-3H,10H2,(H,13,14). The van der Waals surface area contributed by atoms with Crippen LogP contribution >= 0.6 is 15.9 Å². The van der Waals surface area contributed by atoms with Gasteiger partial charge in [0, 0.05) is 16.9 Å². The van der Waals surface area contributed by atoms with E-state index in [4.69, 9.17) is 10.8 Å². The van der Waals surface area contributed by atoms with Crippen molar-refractivity contribution in [3.8, 4) is 0 Å². The predicted octanol–water partition coefficient (Wildman–Crippen LogP) is 1.38. The molecule has 0 saturated heterocycles. The monoisotopic (exact) mass is 255 g/mol. The van der Waals surface area contributed by atoms with Crippen molar-refractivity contribution in [1.82, 2.24) is 9.38 Å². The molecule has 2 aromatic heterocycles. The Morgan fingerprint density at radius 2 is 2.29 bits per heavy atom. The van der Waals surface area contributed by atoms with E-state index in [1.807, 2.05) is 0 Å². The quantitative estimate of drug-likeness (QED) is 0.807. The van der Waals surface area contributed by atoms with E-state index in [2.05, 4.69) is 20.9 Å². The van der Waals surface area contributed by atoms with Crippen molar-refractivity contribution in [2.24, 2.45) is 0 Å². The molecule has 0 unspecified atom stereocenters. The SMILES string of the molecule is Nc1cc(Br)cn2cc(C(=O)O)nc12.